The maximum absolute atomic E-state index is 6.30. The van der Waals surface area contributed by atoms with E-state index in [0.717, 1.165) is 67.7 Å². The average molecular weight is 966 g/mol. The molecule has 9 rings (SSSR count). The van der Waals surface area contributed by atoms with Crippen LogP contribution in [0.3, 0.4) is 0 Å². The van der Waals surface area contributed by atoms with Crippen molar-refractivity contribution in [2.45, 2.75) is 66.1 Å². The number of nitrogens with zero attached hydrogens (tertiary/aromatic N) is 3. The van der Waals surface area contributed by atoms with E-state index >= 15 is 0 Å². The molecule has 0 saturated heterocycles. The van der Waals surface area contributed by atoms with Crippen LogP contribution in [-0.4, -0.2) is 22.6 Å². The van der Waals surface area contributed by atoms with Crippen LogP contribution < -0.4 is 5.19 Å². The molecule has 1 radical (unpaired) electrons. The van der Waals surface area contributed by atoms with E-state index in [2.05, 4.69) is 174 Å². The number of rotatable bonds is 7. The molecule has 0 aliphatic rings. The molecule has 299 valence electrons. The molecular formula is C53H51IrN3OSi-2. The normalized spacial score (nSPS) is 11.8. The van der Waals surface area contributed by atoms with Gasteiger partial charge in [-0.2, -0.15) is 0 Å². The van der Waals surface area contributed by atoms with Crippen LogP contribution in [0, 0.1) is 18.1 Å². The molecule has 9 aromatic rings. The maximum Gasteiger partial charge on any atom is 0.120 e. The zero-order chi connectivity index (χ0) is 40.6. The predicted molar refractivity (Wildman–Crippen MR) is 247 cm³/mol. The Morgan fingerprint density at radius 3 is 2.15 bits per heavy atom. The summed E-state index contributed by atoms with van der Waals surface area (Å²) >= 11 is 0. The smallest absolute Gasteiger partial charge is 0.120 e. The van der Waals surface area contributed by atoms with Gasteiger partial charge in [-0.05, 0) is 70.1 Å². The number of hydrogen-bond donors (Lipinski definition) is 0. The summed E-state index contributed by atoms with van der Waals surface area (Å²) in [5.41, 5.74) is 13.0. The molecule has 3 heterocycles. The van der Waals surface area contributed by atoms with Crippen LogP contribution in [0.2, 0.25) is 19.6 Å². The zero-order valence-electron chi connectivity index (χ0n) is 35.2. The summed E-state index contributed by atoms with van der Waals surface area (Å²) < 4.78 is 8.51. The molecule has 4 nitrogen and oxygen atoms in total. The third-order valence-electron chi connectivity index (χ3n) is 10.7. The number of imidazole rings is 1. The Balaban J connectivity index is 0.000000180. The molecule has 0 bridgehead atoms. The molecule has 0 aliphatic heterocycles. The molecule has 0 amide bonds. The number of pyridine rings is 1. The zero-order valence-corrected chi connectivity index (χ0v) is 38.6. The molecule has 0 spiro atoms. The molecule has 6 aromatic carbocycles. The Labute approximate surface area is 363 Å². The van der Waals surface area contributed by atoms with E-state index < -0.39 is 8.07 Å². The Kier molecular flexibility index (Phi) is 12.1. The van der Waals surface area contributed by atoms with Crippen molar-refractivity contribution in [3.8, 4) is 39.5 Å². The summed E-state index contributed by atoms with van der Waals surface area (Å²) in [6, 6.07) is 55.1. The number of benzene rings is 6. The third kappa shape index (κ3) is 8.82. The van der Waals surface area contributed by atoms with Crippen molar-refractivity contribution >= 4 is 46.2 Å². The fraction of sp³-hybridized carbons (Fsp3) is 0.208. The van der Waals surface area contributed by atoms with Gasteiger partial charge < -0.3 is 14.0 Å². The predicted octanol–water partition coefficient (Wildman–Crippen LogP) is 13.6. The molecule has 0 aliphatic carbocycles. The number of fused-ring (bicyclic) bond motifs is 4. The molecule has 0 N–H and O–H groups in total. The van der Waals surface area contributed by atoms with E-state index in [9.17, 15) is 0 Å². The van der Waals surface area contributed by atoms with Crippen LogP contribution in [-0.2, 0) is 31.9 Å². The Hall–Kier alpha value is -5.39. The molecule has 6 heteroatoms. The van der Waals surface area contributed by atoms with Gasteiger partial charge in [-0.25, -0.2) is 0 Å². The monoisotopic (exact) mass is 966 g/mol. The molecule has 3 aromatic heterocycles. The van der Waals surface area contributed by atoms with Gasteiger partial charge in [0.1, 0.15) is 5.58 Å². The van der Waals surface area contributed by atoms with E-state index in [1.54, 1.807) is 0 Å². The molecule has 0 saturated carbocycles. The standard InChI is InChI=1S/C29H23N2O.C24H28NSi.Ir/c1-29(2,3)19-15-17-20(18-16-19)31-25-13-6-5-12-24(25)30-28(31)23-11-8-10-22-21-9-4-7-14-26(21)32-27(22)23;1-18(2)14-22-16-23(25-17-24(22)26(3,4)5)21-13-9-12-20(15-21)19-10-7-6-8-11-19;/h4-10,12-18H,1-3H3;6-12,15-18H,14H2,1-5H3;/q2*-1;. The van der Waals surface area contributed by atoms with Crippen molar-refractivity contribution in [3.63, 3.8) is 0 Å². The van der Waals surface area contributed by atoms with Gasteiger partial charge in [-0.3, -0.25) is 4.98 Å². The summed E-state index contributed by atoms with van der Waals surface area (Å²) in [6.07, 6.45) is 3.23. The van der Waals surface area contributed by atoms with Crippen LogP contribution in [0.5, 0.6) is 0 Å². The van der Waals surface area contributed by atoms with Crippen LogP contribution >= 0.6 is 0 Å². The summed E-state index contributed by atoms with van der Waals surface area (Å²) in [5.74, 6) is 1.47. The average Bonchev–Trinajstić information content (AvgIpc) is 3.80. The van der Waals surface area contributed by atoms with Gasteiger partial charge in [0, 0.05) is 37.4 Å². The second-order valence-corrected chi connectivity index (χ2v) is 22.7. The molecule has 0 unspecified atom stereocenters. The van der Waals surface area contributed by atoms with Crippen LogP contribution in [0.4, 0.5) is 0 Å². The number of hydrogen-bond acceptors (Lipinski definition) is 3. The fourth-order valence-corrected chi connectivity index (χ4v) is 9.36. The van der Waals surface area contributed by atoms with Crippen LogP contribution in [0.1, 0.15) is 45.7 Å². The maximum atomic E-state index is 6.30. The number of furan rings is 1. The third-order valence-corrected chi connectivity index (χ3v) is 12.8. The van der Waals surface area contributed by atoms with E-state index in [0.29, 0.717) is 5.92 Å². The molecule has 0 atom stereocenters. The van der Waals surface area contributed by atoms with Crippen molar-refractivity contribution in [2.75, 3.05) is 0 Å². The minimum Gasteiger partial charge on any atom is -0.501 e. The second kappa shape index (κ2) is 17.1. The minimum atomic E-state index is -1.40. The van der Waals surface area contributed by atoms with Crippen LogP contribution in [0.15, 0.2) is 150 Å². The van der Waals surface area contributed by atoms with E-state index in [1.165, 1.54) is 27.4 Å². The Morgan fingerprint density at radius 2 is 1.42 bits per heavy atom. The Morgan fingerprint density at radius 1 is 0.729 bits per heavy atom. The van der Waals surface area contributed by atoms with Gasteiger partial charge in [0.05, 0.1) is 30.5 Å². The summed E-state index contributed by atoms with van der Waals surface area (Å²) in [4.78, 5) is 9.84. The van der Waals surface area contributed by atoms with Gasteiger partial charge in [0.2, 0.25) is 0 Å². The molecular weight excluding hydrogens is 915 g/mol. The van der Waals surface area contributed by atoms with Gasteiger partial charge in [-0.15, -0.1) is 53.6 Å². The second-order valence-electron chi connectivity index (χ2n) is 17.7. The van der Waals surface area contributed by atoms with Crippen molar-refractivity contribution < 1.29 is 24.5 Å². The summed E-state index contributed by atoms with van der Waals surface area (Å²) in [6.45, 7) is 18.5. The first-order valence-corrected chi connectivity index (χ1v) is 23.8. The van der Waals surface area contributed by atoms with Crippen molar-refractivity contribution in [1.29, 1.82) is 0 Å². The van der Waals surface area contributed by atoms with E-state index in [4.69, 9.17) is 14.4 Å². The van der Waals surface area contributed by atoms with Gasteiger partial charge >= 0.3 is 0 Å². The number of aromatic nitrogens is 3. The van der Waals surface area contributed by atoms with Gasteiger partial charge in [-0.1, -0.05) is 150 Å². The largest absolute Gasteiger partial charge is 0.501 e. The minimum absolute atomic E-state index is 0. The SMILES string of the molecule is CC(C)(C)c1ccc(-n2c(-c3[c-]ccc4c3oc3ccccc34)nc3ccccc32)cc1.CC(C)Cc1cc(-c2[c-]ccc(-c3ccccc3)c2)ncc1[Si](C)(C)C.[Ir]. The van der Waals surface area contributed by atoms with Gasteiger partial charge in [0.25, 0.3) is 0 Å². The molecule has 0 fully saturated rings. The summed E-state index contributed by atoms with van der Waals surface area (Å²) in [7, 11) is -1.40. The quantitative estimate of drug-likeness (QED) is 0.118. The fourth-order valence-electron chi connectivity index (χ4n) is 7.78. The van der Waals surface area contributed by atoms with E-state index in [1.807, 2.05) is 42.5 Å². The first kappa shape index (κ1) is 41.8. The first-order valence-electron chi connectivity index (χ1n) is 20.3. The first-order chi connectivity index (χ1) is 27.8. The van der Waals surface area contributed by atoms with Crippen molar-refractivity contribution in [1.82, 2.24) is 14.5 Å². The van der Waals surface area contributed by atoms with E-state index in [-0.39, 0.29) is 25.5 Å². The topological polar surface area (TPSA) is 43.9 Å². The van der Waals surface area contributed by atoms with Crippen molar-refractivity contribution in [3.05, 3.63) is 169 Å². The summed E-state index contributed by atoms with van der Waals surface area (Å²) in [5, 5.41) is 3.67. The number of para-hydroxylation sites is 3. The van der Waals surface area contributed by atoms with Crippen molar-refractivity contribution in [2.24, 2.45) is 5.92 Å². The van der Waals surface area contributed by atoms with Crippen LogP contribution in [0.25, 0.3) is 72.4 Å². The Bertz CT molecular complexity index is 2860. The molecule has 59 heavy (non-hydrogen) atoms. The van der Waals surface area contributed by atoms with Gasteiger partial charge in [0.15, 0.2) is 0 Å².